The van der Waals surface area contributed by atoms with Crippen molar-refractivity contribution in [1.29, 1.82) is 0 Å². The summed E-state index contributed by atoms with van der Waals surface area (Å²) in [7, 11) is -4.21. The van der Waals surface area contributed by atoms with Crippen LogP contribution in [0, 0.1) is 0 Å². The number of hydrogen-bond donors (Lipinski definition) is 1. The lowest BCUT2D eigenvalue weighted by Gasteiger charge is -2.31. The van der Waals surface area contributed by atoms with Gasteiger partial charge in [-0.05, 0) is 42.8 Å². The van der Waals surface area contributed by atoms with Crippen molar-refractivity contribution in [2.24, 2.45) is 0 Å². The van der Waals surface area contributed by atoms with Crippen molar-refractivity contribution in [2.75, 3.05) is 17.8 Å². The van der Waals surface area contributed by atoms with Gasteiger partial charge in [-0.1, -0.05) is 17.7 Å². The van der Waals surface area contributed by atoms with Crippen LogP contribution in [0.2, 0.25) is 5.02 Å². The van der Waals surface area contributed by atoms with Gasteiger partial charge in [-0.2, -0.15) is 13.2 Å². The van der Waals surface area contributed by atoms with E-state index in [0.717, 1.165) is 24.6 Å². The van der Waals surface area contributed by atoms with Crippen molar-refractivity contribution >= 4 is 33.2 Å². The molecule has 0 spiro atoms. The average molecular weight is 419 g/mol. The number of sulfonamides is 1. The highest BCUT2D eigenvalue weighted by atomic mass is 35.5. The maximum atomic E-state index is 12.8. The first-order valence-corrected chi connectivity index (χ1v) is 9.73. The molecular formula is C17H14ClF3N2O3S. The highest BCUT2D eigenvalue weighted by molar-refractivity contribution is 7.92. The van der Waals surface area contributed by atoms with Gasteiger partial charge in [0.25, 0.3) is 15.9 Å². The normalized spacial score (nSPS) is 14.6. The highest BCUT2D eigenvalue weighted by Crippen LogP contribution is 2.31. The Kier molecular flexibility index (Phi) is 5.09. The molecule has 5 nitrogen and oxygen atoms in total. The van der Waals surface area contributed by atoms with Crippen LogP contribution in [0.1, 0.15) is 22.3 Å². The number of halogens is 4. The second-order valence-electron chi connectivity index (χ2n) is 5.97. The molecule has 0 aromatic heterocycles. The number of likely N-dealkylation sites (tertiary alicyclic amines) is 1. The molecule has 1 saturated heterocycles. The number of anilines is 1. The SMILES string of the molecule is O=C(c1cc(S(=O)(=O)Nc2cccc(C(F)(F)F)c2)ccc1Cl)N1CCC1. The van der Waals surface area contributed by atoms with Crippen molar-refractivity contribution in [3.63, 3.8) is 0 Å². The quantitative estimate of drug-likeness (QED) is 0.816. The molecule has 1 aliphatic heterocycles. The topological polar surface area (TPSA) is 66.5 Å². The van der Waals surface area contributed by atoms with Crippen LogP contribution in [0.15, 0.2) is 47.4 Å². The molecule has 3 rings (SSSR count). The van der Waals surface area contributed by atoms with E-state index in [2.05, 4.69) is 4.72 Å². The zero-order valence-electron chi connectivity index (χ0n) is 13.8. The number of amides is 1. The largest absolute Gasteiger partial charge is 0.416 e. The molecule has 1 N–H and O–H groups in total. The molecule has 0 unspecified atom stereocenters. The predicted octanol–water partition coefficient (Wildman–Crippen LogP) is 4.01. The molecule has 0 saturated carbocycles. The van der Waals surface area contributed by atoms with Crippen LogP contribution in [0.3, 0.4) is 0 Å². The molecule has 1 fully saturated rings. The Morgan fingerprint density at radius 1 is 1.11 bits per heavy atom. The number of benzene rings is 2. The predicted molar refractivity (Wildman–Crippen MR) is 94.2 cm³/mol. The summed E-state index contributed by atoms with van der Waals surface area (Å²) in [6.07, 6.45) is -3.74. The Morgan fingerprint density at radius 3 is 2.41 bits per heavy atom. The Labute approximate surface area is 158 Å². The van der Waals surface area contributed by atoms with Gasteiger partial charge in [-0.25, -0.2) is 8.42 Å². The van der Waals surface area contributed by atoms with Gasteiger partial charge in [0.2, 0.25) is 0 Å². The lowest BCUT2D eigenvalue weighted by atomic mass is 10.1. The third-order valence-corrected chi connectivity index (χ3v) is 5.77. The molecule has 2 aromatic carbocycles. The monoisotopic (exact) mass is 418 g/mol. The number of carbonyl (C=O) groups excluding carboxylic acids is 1. The lowest BCUT2D eigenvalue weighted by molar-refractivity contribution is -0.137. The van der Waals surface area contributed by atoms with Crippen LogP contribution in [-0.2, 0) is 16.2 Å². The number of alkyl halides is 3. The molecule has 0 bridgehead atoms. The minimum atomic E-state index is -4.60. The van der Waals surface area contributed by atoms with Crippen LogP contribution in [0.25, 0.3) is 0 Å². The molecule has 0 aliphatic carbocycles. The zero-order valence-corrected chi connectivity index (χ0v) is 15.3. The van der Waals surface area contributed by atoms with E-state index in [4.69, 9.17) is 11.6 Å². The van der Waals surface area contributed by atoms with Gasteiger partial charge in [-0.15, -0.1) is 0 Å². The Balaban J connectivity index is 1.90. The third kappa shape index (κ3) is 4.19. The smallest absolute Gasteiger partial charge is 0.338 e. The fourth-order valence-corrected chi connectivity index (χ4v) is 3.77. The molecule has 144 valence electrons. The fourth-order valence-electron chi connectivity index (χ4n) is 2.50. The third-order valence-electron chi connectivity index (χ3n) is 4.06. The van der Waals surface area contributed by atoms with Gasteiger partial charge >= 0.3 is 6.18 Å². The molecular weight excluding hydrogens is 405 g/mol. The van der Waals surface area contributed by atoms with E-state index in [0.29, 0.717) is 19.2 Å². The van der Waals surface area contributed by atoms with Crippen LogP contribution >= 0.6 is 11.6 Å². The number of nitrogens with zero attached hydrogens (tertiary/aromatic N) is 1. The number of rotatable bonds is 4. The van der Waals surface area contributed by atoms with E-state index in [1.165, 1.54) is 23.1 Å². The molecule has 27 heavy (non-hydrogen) atoms. The van der Waals surface area contributed by atoms with Gasteiger partial charge < -0.3 is 4.90 Å². The van der Waals surface area contributed by atoms with Crippen LogP contribution < -0.4 is 4.72 Å². The first-order valence-electron chi connectivity index (χ1n) is 7.87. The highest BCUT2D eigenvalue weighted by Gasteiger charge is 2.31. The van der Waals surface area contributed by atoms with Gasteiger partial charge in [0.1, 0.15) is 0 Å². The summed E-state index contributed by atoms with van der Waals surface area (Å²) < 4.78 is 65.5. The van der Waals surface area contributed by atoms with Gasteiger partial charge in [0, 0.05) is 18.8 Å². The van der Waals surface area contributed by atoms with Crippen molar-refractivity contribution in [3.8, 4) is 0 Å². The van der Waals surface area contributed by atoms with Crippen LogP contribution in [0.5, 0.6) is 0 Å². The standard InChI is InChI=1S/C17H14ClF3N2O3S/c18-15-6-5-13(10-14(15)16(24)23-7-2-8-23)27(25,26)22-12-4-1-3-11(9-12)17(19,20)21/h1,3-6,9-10,22H,2,7-8H2. The fraction of sp³-hybridized carbons (Fsp3) is 0.235. The number of nitrogens with one attached hydrogen (secondary N) is 1. The molecule has 1 aliphatic rings. The van der Waals surface area contributed by atoms with E-state index < -0.39 is 21.8 Å². The molecule has 1 heterocycles. The molecule has 2 aromatic rings. The van der Waals surface area contributed by atoms with Crippen molar-refractivity contribution in [1.82, 2.24) is 4.90 Å². The van der Waals surface area contributed by atoms with Crippen molar-refractivity contribution < 1.29 is 26.4 Å². The zero-order chi connectivity index (χ0) is 19.8. The second kappa shape index (κ2) is 7.05. The second-order valence-corrected chi connectivity index (χ2v) is 8.06. The Bertz CT molecular complexity index is 989. The number of carbonyl (C=O) groups is 1. The molecule has 1 amide bonds. The van der Waals surface area contributed by atoms with E-state index in [9.17, 15) is 26.4 Å². The average Bonchev–Trinajstić information content (AvgIpc) is 2.52. The Morgan fingerprint density at radius 2 is 1.81 bits per heavy atom. The van der Waals surface area contributed by atoms with E-state index >= 15 is 0 Å². The van der Waals surface area contributed by atoms with E-state index in [1.807, 2.05) is 0 Å². The Hall–Kier alpha value is -2.26. The van der Waals surface area contributed by atoms with Gasteiger partial charge in [-0.3, -0.25) is 9.52 Å². The summed E-state index contributed by atoms with van der Waals surface area (Å²) in [5, 5.41) is 0.102. The van der Waals surface area contributed by atoms with Crippen molar-refractivity contribution in [2.45, 2.75) is 17.5 Å². The van der Waals surface area contributed by atoms with E-state index in [1.54, 1.807) is 0 Å². The first-order chi connectivity index (χ1) is 12.6. The van der Waals surface area contributed by atoms with Gasteiger partial charge in [0.05, 0.1) is 21.0 Å². The van der Waals surface area contributed by atoms with E-state index in [-0.39, 0.29) is 27.1 Å². The summed E-state index contributed by atoms with van der Waals surface area (Å²) in [6.45, 7) is 1.13. The van der Waals surface area contributed by atoms with Crippen LogP contribution in [0.4, 0.5) is 18.9 Å². The summed E-state index contributed by atoms with van der Waals surface area (Å²) in [5.74, 6) is -0.387. The van der Waals surface area contributed by atoms with Gasteiger partial charge in [0.15, 0.2) is 0 Å². The summed E-state index contributed by atoms with van der Waals surface area (Å²) >= 11 is 6.01. The van der Waals surface area contributed by atoms with Crippen molar-refractivity contribution in [3.05, 3.63) is 58.6 Å². The lowest BCUT2D eigenvalue weighted by Crippen LogP contribution is -2.42. The molecule has 10 heteroatoms. The molecule has 0 radical (unpaired) electrons. The molecule has 0 atom stereocenters. The summed E-state index contributed by atoms with van der Waals surface area (Å²) in [6, 6.07) is 7.42. The number of hydrogen-bond acceptors (Lipinski definition) is 3. The summed E-state index contributed by atoms with van der Waals surface area (Å²) in [4.78, 5) is 13.6. The maximum Gasteiger partial charge on any atom is 0.416 e. The minimum Gasteiger partial charge on any atom is -0.338 e. The maximum absolute atomic E-state index is 12.8. The summed E-state index contributed by atoms with van der Waals surface area (Å²) in [5.41, 5.74) is -1.19. The minimum absolute atomic E-state index is 0.0308. The first kappa shape index (κ1) is 19.5. The van der Waals surface area contributed by atoms with Crippen LogP contribution in [-0.4, -0.2) is 32.3 Å².